The largest absolute Gasteiger partial charge is 0.379 e. The van der Waals surface area contributed by atoms with Crippen molar-refractivity contribution in [2.75, 3.05) is 18.5 Å². The normalized spacial score (nSPS) is 13.9. The summed E-state index contributed by atoms with van der Waals surface area (Å²) in [6.45, 7) is 7.65. The molecule has 0 aliphatic heterocycles. The number of pyridine rings is 1. The first-order valence-corrected chi connectivity index (χ1v) is 7.91. The Balaban J connectivity index is 2.06. The van der Waals surface area contributed by atoms with Crippen LogP contribution in [0.1, 0.15) is 55.5 Å². The van der Waals surface area contributed by atoms with Crippen molar-refractivity contribution < 1.29 is 4.74 Å². The summed E-state index contributed by atoms with van der Waals surface area (Å²) in [5, 5.41) is 12.8. The summed E-state index contributed by atoms with van der Waals surface area (Å²) in [6.07, 6.45) is 5.63. The molecule has 114 valence electrons. The van der Waals surface area contributed by atoms with E-state index in [1.165, 1.54) is 24.0 Å². The molecule has 0 bridgehead atoms. The van der Waals surface area contributed by atoms with Crippen LogP contribution >= 0.6 is 0 Å². The number of hydrogen-bond donors (Lipinski definition) is 1. The molecule has 21 heavy (non-hydrogen) atoms. The highest BCUT2D eigenvalue weighted by Crippen LogP contribution is 2.29. The average Bonchev–Trinajstić information content (AvgIpc) is 2.47. The standard InChI is InChI=1S/C17H25N3O/c1-12(2)21-10-6-9-19-17-16(11-18)15-8-5-4-7-14(15)13(3)20-17/h12H,4-10H2,1-3H3,(H,19,20). The van der Waals surface area contributed by atoms with Gasteiger partial charge in [-0.1, -0.05) is 0 Å². The molecule has 2 rings (SSSR count). The predicted molar refractivity (Wildman–Crippen MR) is 84.5 cm³/mol. The molecule has 0 spiro atoms. The maximum atomic E-state index is 9.49. The fraction of sp³-hybridized carbons (Fsp3) is 0.647. The van der Waals surface area contributed by atoms with Crippen molar-refractivity contribution in [1.29, 1.82) is 5.26 Å². The molecule has 1 heterocycles. The van der Waals surface area contributed by atoms with E-state index in [1.54, 1.807) is 0 Å². The molecule has 0 aromatic carbocycles. The first kappa shape index (κ1) is 15.8. The minimum absolute atomic E-state index is 0.267. The van der Waals surface area contributed by atoms with E-state index in [2.05, 4.69) is 23.3 Å². The fourth-order valence-electron chi connectivity index (χ4n) is 2.86. The van der Waals surface area contributed by atoms with Crippen LogP contribution in [-0.2, 0) is 17.6 Å². The molecule has 0 unspecified atom stereocenters. The van der Waals surface area contributed by atoms with Gasteiger partial charge in [-0.05, 0) is 64.0 Å². The van der Waals surface area contributed by atoms with Gasteiger partial charge in [-0.3, -0.25) is 0 Å². The third kappa shape index (κ3) is 3.95. The van der Waals surface area contributed by atoms with Gasteiger partial charge in [0, 0.05) is 18.8 Å². The number of hydrogen-bond acceptors (Lipinski definition) is 4. The molecule has 0 atom stereocenters. The Morgan fingerprint density at radius 2 is 2.00 bits per heavy atom. The van der Waals surface area contributed by atoms with E-state index >= 15 is 0 Å². The number of nitrogens with zero attached hydrogens (tertiary/aromatic N) is 2. The van der Waals surface area contributed by atoms with E-state index in [1.807, 2.05) is 13.8 Å². The van der Waals surface area contributed by atoms with Crippen molar-refractivity contribution in [2.24, 2.45) is 0 Å². The Kier molecular flexibility index (Phi) is 5.58. The van der Waals surface area contributed by atoms with E-state index in [0.29, 0.717) is 0 Å². The Morgan fingerprint density at radius 1 is 1.29 bits per heavy atom. The highest BCUT2D eigenvalue weighted by atomic mass is 16.5. The van der Waals surface area contributed by atoms with Crippen LogP contribution in [0.15, 0.2) is 0 Å². The van der Waals surface area contributed by atoms with Gasteiger partial charge in [0.05, 0.1) is 11.7 Å². The zero-order chi connectivity index (χ0) is 15.2. The lowest BCUT2D eigenvalue weighted by Gasteiger charge is -2.21. The van der Waals surface area contributed by atoms with Gasteiger partial charge < -0.3 is 10.1 Å². The monoisotopic (exact) mass is 287 g/mol. The van der Waals surface area contributed by atoms with E-state index in [-0.39, 0.29) is 6.10 Å². The number of rotatable bonds is 6. The Labute approximate surface area is 127 Å². The quantitative estimate of drug-likeness (QED) is 0.815. The molecule has 0 amide bonds. The van der Waals surface area contributed by atoms with Crippen LogP contribution in [0.5, 0.6) is 0 Å². The lowest BCUT2D eigenvalue weighted by molar-refractivity contribution is 0.0787. The summed E-state index contributed by atoms with van der Waals surface area (Å²) in [7, 11) is 0. The predicted octanol–water partition coefficient (Wildman–Crippen LogP) is 3.37. The molecule has 0 saturated heterocycles. The molecule has 1 N–H and O–H groups in total. The lowest BCUT2D eigenvalue weighted by atomic mass is 9.88. The zero-order valence-corrected chi connectivity index (χ0v) is 13.3. The summed E-state index contributed by atoms with van der Waals surface area (Å²) in [4.78, 5) is 4.62. The second kappa shape index (κ2) is 7.42. The Hall–Kier alpha value is -1.60. The topological polar surface area (TPSA) is 57.9 Å². The van der Waals surface area contributed by atoms with Crippen molar-refractivity contribution in [3.05, 3.63) is 22.4 Å². The van der Waals surface area contributed by atoms with E-state index < -0.39 is 0 Å². The minimum atomic E-state index is 0.267. The van der Waals surface area contributed by atoms with Gasteiger partial charge in [0.25, 0.3) is 0 Å². The molecule has 1 aromatic rings. The molecule has 0 radical (unpaired) electrons. The highest BCUT2D eigenvalue weighted by Gasteiger charge is 2.20. The van der Waals surface area contributed by atoms with Crippen LogP contribution in [-0.4, -0.2) is 24.2 Å². The molecule has 1 aromatic heterocycles. The summed E-state index contributed by atoms with van der Waals surface area (Å²) < 4.78 is 5.53. The minimum Gasteiger partial charge on any atom is -0.379 e. The van der Waals surface area contributed by atoms with Crippen LogP contribution in [0, 0.1) is 18.3 Å². The summed E-state index contributed by atoms with van der Waals surface area (Å²) >= 11 is 0. The van der Waals surface area contributed by atoms with Gasteiger partial charge in [0.2, 0.25) is 0 Å². The first-order valence-electron chi connectivity index (χ1n) is 7.91. The number of aryl methyl sites for hydroxylation is 1. The molecule has 0 fully saturated rings. The second-order valence-corrected chi connectivity index (χ2v) is 5.90. The molecule has 1 aliphatic carbocycles. The van der Waals surface area contributed by atoms with Gasteiger partial charge in [-0.25, -0.2) is 4.98 Å². The maximum absolute atomic E-state index is 9.49. The molecule has 4 heteroatoms. The van der Waals surface area contributed by atoms with Crippen molar-refractivity contribution in [3.63, 3.8) is 0 Å². The zero-order valence-electron chi connectivity index (χ0n) is 13.3. The number of ether oxygens (including phenoxy) is 1. The molecular weight excluding hydrogens is 262 g/mol. The van der Waals surface area contributed by atoms with Crippen molar-refractivity contribution in [2.45, 2.75) is 59.0 Å². The van der Waals surface area contributed by atoms with Crippen molar-refractivity contribution in [1.82, 2.24) is 4.98 Å². The van der Waals surface area contributed by atoms with Crippen LogP contribution in [0.2, 0.25) is 0 Å². The fourth-order valence-corrected chi connectivity index (χ4v) is 2.86. The highest BCUT2D eigenvalue weighted by molar-refractivity contribution is 5.60. The van der Waals surface area contributed by atoms with Crippen LogP contribution in [0.4, 0.5) is 5.82 Å². The van der Waals surface area contributed by atoms with Crippen LogP contribution in [0.3, 0.4) is 0 Å². The smallest absolute Gasteiger partial charge is 0.144 e. The number of nitrogens with one attached hydrogen (secondary N) is 1. The first-order chi connectivity index (χ1) is 10.1. The Bertz CT molecular complexity index is 532. The Morgan fingerprint density at radius 3 is 2.67 bits per heavy atom. The number of fused-ring (bicyclic) bond motifs is 1. The number of nitriles is 1. The summed E-state index contributed by atoms with van der Waals surface area (Å²) in [5.41, 5.74) is 4.34. The van der Waals surface area contributed by atoms with Gasteiger partial charge >= 0.3 is 0 Å². The lowest BCUT2D eigenvalue weighted by Crippen LogP contribution is -2.15. The van der Waals surface area contributed by atoms with Gasteiger partial charge in [0.15, 0.2) is 0 Å². The van der Waals surface area contributed by atoms with Gasteiger partial charge in [0.1, 0.15) is 11.9 Å². The second-order valence-electron chi connectivity index (χ2n) is 5.90. The molecule has 0 saturated carbocycles. The van der Waals surface area contributed by atoms with Crippen LogP contribution in [0.25, 0.3) is 0 Å². The van der Waals surface area contributed by atoms with Crippen molar-refractivity contribution >= 4 is 5.82 Å². The van der Waals surface area contributed by atoms with E-state index in [9.17, 15) is 5.26 Å². The van der Waals surface area contributed by atoms with Crippen molar-refractivity contribution in [3.8, 4) is 6.07 Å². The van der Waals surface area contributed by atoms with E-state index in [0.717, 1.165) is 49.5 Å². The molecular formula is C17H25N3O. The van der Waals surface area contributed by atoms with E-state index in [4.69, 9.17) is 4.74 Å². The van der Waals surface area contributed by atoms with Gasteiger partial charge in [-0.2, -0.15) is 5.26 Å². The van der Waals surface area contributed by atoms with Gasteiger partial charge in [-0.15, -0.1) is 0 Å². The van der Waals surface area contributed by atoms with Crippen LogP contribution < -0.4 is 5.32 Å². The third-order valence-corrected chi connectivity index (χ3v) is 3.90. The summed E-state index contributed by atoms with van der Waals surface area (Å²) in [6, 6.07) is 2.35. The summed E-state index contributed by atoms with van der Waals surface area (Å²) in [5.74, 6) is 0.750. The maximum Gasteiger partial charge on any atom is 0.144 e. The average molecular weight is 287 g/mol. The molecule has 1 aliphatic rings. The third-order valence-electron chi connectivity index (χ3n) is 3.90. The SMILES string of the molecule is Cc1nc(NCCCOC(C)C)c(C#N)c2c1CCCC2. The molecule has 4 nitrogen and oxygen atoms in total. The number of aromatic nitrogens is 1. The number of anilines is 1.